The number of ketones is 1. The van der Waals surface area contributed by atoms with Gasteiger partial charge in [-0.3, -0.25) is 19.0 Å². The number of pyridine rings is 1. The summed E-state index contributed by atoms with van der Waals surface area (Å²) in [6.07, 6.45) is 1.64. The normalized spacial score (nSPS) is 13.1. The van der Waals surface area contributed by atoms with Gasteiger partial charge in [0.2, 0.25) is 0 Å². The van der Waals surface area contributed by atoms with Crippen LogP contribution in [0.15, 0.2) is 53.3 Å². The number of nitrogens with zero attached hydrogens (tertiary/aromatic N) is 1. The number of nitrogens with one attached hydrogen (secondary N) is 1. The second kappa shape index (κ2) is 7.71. The van der Waals surface area contributed by atoms with Crippen molar-refractivity contribution in [3.63, 3.8) is 0 Å². The number of carbonyl (C=O) groups excluding carboxylic acids is 2. The molecule has 152 valence electrons. The molecule has 5 nitrogen and oxygen atoms in total. The SMILES string of the molecule is Cc1ccc(-n2c3c(cc(C(=O)Nc4ccc(F)cc4C)c2=O)C(=O)CCC3)cc1. The number of fused-ring (bicyclic) bond motifs is 1. The van der Waals surface area contributed by atoms with E-state index < -0.39 is 17.3 Å². The molecule has 0 saturated carbocycles. The Morgan fingerprint density at radius 2 is 1.73 bits per heavy atom. The summed E-state index contributed by atoms with van der Waals surface area (Å²) < 4.78 is 14.8. The third-order valence-corrected chi connectivity index (χ3v) is 5.39. The molecule has 1 aliphatic carbocycles. The summed E-state index contributed by atoms with van der Waals surface area (Å²) >= 11 is 0. The fourth-order valence-electron chi connectivity index (χ4n) is 3.78. The topological polar surface area (TPSA) is 68.2 Å². The van der Waals surface area contributed by atoms with E-state index in [1.54, 1.807) is 6.92 Å². The molecule has 1 aliphatic rings. The first-order valence-electron chi connectivity index (χ1n) is 9.82. The van der Waals surface area contributed by atoms with Crippen molar-refractivity contribution < 1.29 is 14.0 Å². The highest BCUT2D eigenvalue weighted by molar-refractivity contribution is 6.07. The number of benzene rings is 2. The number of halogens is 1. The van der Waals surface area contributed by atoms with Crippen LogP contribution in [0.2, 0.25) is 0 Å². The Kier molecular flexibility index (Phi) is 5.08. The lowest BCUT2D eigenvalue weighted by molar-refractivity contribution is 0.0971. The van der Waals surface area contributed by atoms with Gasteiger partial charge in [-0.15, -0.1) is 0 Å². The number of hydrogen-bond donors (Lipinski definition) is 1. The van der Waals surface area contributed by atoms with E-state index in [1.807, 2.05) is 31.2 Å². The third kappa shape index (κ3) is 3.56. The van der Waals surface area contributed by atoms with Crippen LogP contribution >= 0.6 is 0 Å². The van der Waals surface area contributed by atoms with E-state index >= 15 is 0 Å². The summed E-state index contributed by atoms with van der Waals surface area (Å²) in [5.41, 5.74) is 3.04. The zero-order valence-electron chi connectivity index (χ0n) is 16.8. The van der Waals surface area contributed by atoms with E-state index in [-0.39, 0.29) is 11.3 Å². The van der Waals surface area contributed by atoms with Gasteiger partial charge in [-0.05, 0) is 68.7 Å². The maximum absolute atomic E-state index is 13.4. The van der Waals surface area contributed by atoms with Crippen LogP contribution in [0.1, 0.15) is 50.4 Å². The fourth-order valence-corrected chi connectivity index (χ4v) is 3.78. The summed E-state index contributed by atoms with van der Waals surface area (Å²) in [6.45, 7) is 3.61. The molecule has 1 N–H and O–H groups in total. The van der Waals surface area contributed by atoms with Gasteiger partial charge in [0.15, 0.2) is 5.78 Å². The highest BCUT2D eigenvalue weighted by atomic mass is 19.1. The number of hydrogen-bond acceptors (Lipinski definition) is 3. The van der Waals surface area contributed by atoms with Gasteiger partial charge in [0.25, 0.3) is 11.5 Å². The van der Waals surface area contributed by atoms with Gasteiger partial charge >= 0.3 is 0 Å². The summed E-state index contributed by atoms with van der Waals surface area (Å²) in [4.78, 5) is 38.9. The number of aromatic nitrogens is 1. The largest absolute Gasteiger partial charge is 0.322 e. The lowest BCUT2D eigenvalue weighted by Gasteiger charge is -2.22. The first kappa shape index (κ1) is 19.8. The first-order chi connectivity index (χ1) is 14.3. The van der Waals surface area contributed by atoms with Gasteiger partial charge < -0.3 is 5.32 Å². The highest BCUT2D eigenvalue weighted by Crippen LogP contribution is 2.24. The molecule has 0 spiro atoms. The van der Waals surface area contributed by atoms with Gasteiger partial charge in [-0.2, -0.15) is 0 Å². The Bertz CT molecular complexity index is 1230. The molecule has 0 unspecified atom stereocenters. The van der Waals surface area contributed by atoms with Crippen LogP contribution in [0, 0.1) is 19.7 Å². The van der Waals surface area contributed by atoms with Gasteiger partial charge in [-0.1, -0.05) is 17.7 Å². The summed E-state index contributed by atoms with van der Waals surface area (Å²) in [5.74, 6) is -1.12. The van der Waals surface area contributed by atoms with E-state index in [1.165, 1.54) is 28.8 Å². The zero-order chi connectivity index (χ0) is 21.4. The molecule has 30 heavy (non-hydrogen) atoms. The summed E-state index contributed by atoms with van der Waals surface area (Å²) in [5, 5.41) is 2.67. The molecule has 0 atom stereocenters. The van der Waals surface area contributed by atoms with Crippen molar-refractivity contribution in [3.05, 3.63) is 92.6 Å². The molecule has 0 radical (unpaired) electrons. The molecule has 0 bridgehead atoms. The first-order valence-corrected chi connectivity index (χ1v) is 9.82. The van der Waals surface area contributed by atoms with Crippen LogP contribution in [-0.2, 0) is 6.42 Å². The van der Waals surface area contributed by atoms with Crippen molar-refractivity contribution in [2.75, 3.05) is 5.32 Å². The minimum Gasteiger partial charge on any atom is -0.322 e. The van der Waals surface area contributed by atoms with Crippen molar-refractivity contribution in [1.82, 2.24) is 4.57 Å². The standard InChI is InChI=1S/C24H21FN2O3/c1-14-6-9-17(10-7-14)27-21-4-3-5-22(28)18(21)13-19(24(27)30)23(29)26-20-11-8-16(25)12-15(20)2/h6-13H,3-5H2,1-2H3,(H,26,29). The molecule has 1 aromatic heterocycles. The van der Waals surface area contributed by atoms with Gasteiger partial charge in [0.05, 0.1) is 0 Å². The average molecular weight is 404 g/mol. The van der Waals surface area contributed by atoms with Crippen molar-refractivity contribution in [2.45, 2.75) is 33.1 Å². The van der Waals surface area contributed by atoms with Crippen LogP contribution in [0.5, 0.6) is 0 Å². The van der Waals surface area contributed by atoms with Gasteiger partial charge in [-0.25, -0.2) is 4.39 Å². The average Bonchev–Trinajstić information content (AvgIpc) is 2.71. The number of carbonyl (C=O) groups is 2. The summed E-state index contributed by atoms with van der Waals surface area (Å²) in [6, 6.07) is 12.8. The zero-order valence-corrected chi connectivity index (χ0v) is 16.8. The Balaban J connectivity index is 1.86. The third-order valence-electron chi connectivity index (χ3n) is 5.39. The second-order valence-corrected chi connectivity index (χ2v) is 7.58. The van der Waals surface area contributed by atoms with Gasteiger partial charge in [0.1, 0.15) is 11.4 Å². The summed E-state index contributed by atoms with van der Waals surface area (Å²) in [7, 11) is 0. The molecule has 0 fully saturated rings. The number of Topliss-reactive ketones (excluding diaryl/α,β-unsaturated/α-hetero) is 1. The molecule has 1 amide bonds. The predicted octanol–water partition coefficient (Wildman–Crippen LogP) is 4.36. The second-order valence-electron chi connectivity index (χ2n) is 7.58. The van der Waals surface area contributed by atoms with Crippen molar-refractivity contribution in [3.8, 4) is 5.69 Å². The number of amides is 1. The van der Waals surface area contributed by atoms with E-state index in [2.05, 4.69) is 5.32 Å². The monoisotopic (exact) mass is 404 g/mol. The quantitative estimate of drug-likeness (QED) is 0.705. The molecular formula is C24H21FN2O3. The van der Waals surface area contributed by atoms with Crippen LogP contribution < -0.4 is 10.9 Å². The molecule has 1 heterocycles. The van der Waals surface area contributed by atoms with E-state index in [4.69, 9.17) is 0 Å². The Hall–Kier alpha value is -3.54. The molecular weight excluding hydrogens is 383 g/mol. The van der Waals surface area contributed by atoms with Crippen molar-refractivity contribution in [1.29, 1.82) is 0 Å². The van der Waals surface area contributed by atoms with Gasteiger partial charge in [0, 0.05) is 29.1 Å². The van der Waals surface area contributed by atoms with Crippen LogP contribution in [0.25, 0.3) is 5.69 Å². The van der Waals surface area contributed by atoms with Crippen LogP contribution in [-0.4, -0.2) is 16.3 Å². The highest BCUT2D eigenvalue weighted by Gasteiger charge is 2.26. The maximum atomic E-state index is 13.4. The number of rotatable bonds is 3. The smallest absolute Gasteiger partial charge is 0.268 e. The predicted molar refractivity (Wildman–Crippen MR) is 113 cm³/mol. The lowest BCUT2D eigenvalue weighted by Crippen LogP contribution is -2.33. The number of aryl methyl sites for hydroxylation is 2. The van der Waals surface area contributed by atoms with Crippen molar-refractivity contribution >= 4 is 17.4 Å². The van der Waals surface area contributed by atoms with Crippen LogP contribution in [0.4, 0.5) is 10.1 Å². The van der Waals surface area contributed by atoms with E-state index in [9.17, 15) is 18.8 Å². The molecule has 0 aliphatic heterocycles. The van der Waals surface area contributed by atoms with E-state index in [0.29, 0.717) is 47.5 Å². The molecule has 2 aromatic carbocycles. The maximum Gasteiger partial charge on any atom is 0.268 e. The van der Waals surface area contributed by atoms with Crippen LogP contribution in [0.3, 0.4) is 0 Å². The Morgan fingerprint density at radius 1 is 1.00 bits per heavy atom. The minimum absolute atomic E-state index is 0.0795. The minimum atomic E-state index is -0.628. The lowest BCUT2D eigenvalue weighted by atomic mass is 9.92. The van der Waals surface area contributed by atoms with Crippen molar-refractivity contribution in [2.24, 2.45) is 0 Å². The Labute approximate surface area is 173 Å². The molecule has 6 heteroatoms. The molecule has 4 rings (SSSR count). The van der Waals surface area contributed by atoms with E-state index in [0.717, 1.165) is 5.56 Å². The number of anilines is 1. The molecule has 3 aromatic rings. The Morgan fingerprint density at radius 3 is 2.43 bits per heavy atom. The molecule has 0 saturated heterocycles. The fraction of sp³-hybridized carbons (Fsp3) is 0.208.